The van der Waals surface area contributed by atoms with E-state index in [2.05, 4.69) is 30.7 Å². The second-order valence-corrected chi connectivity index (χ2v) is 4.73. The van der Waals surface area contributed by atoms with Crippen LogP contribution in [0.5, 0.6) is 0 Å². The molecule has 2 heterocycles. The summed E-state index contributed by atoms with van der Waals surface area (Å²) in [5.74, 6) is 1.12. The Morgan fingerprint density at radius 2 is 2.24 bits per heavy atom. The van der Waals surface area contributed by atoms with Crippen molar-refractivity contribution in [3.8, 4) is 0 Å². The quantitative estimate of drug-likeness (QED) is 0.853. The fourth-order valence-electron chi connectivity index (χ4n) is 1.94. The van der Waals surface area contributed by atoms with Gasteiger partial charge in [0.05, 0.1) is 5.69 Å². The van der Waals surface area contributed by atoms with Gasteiger partial charge >= 0.3 is 6.03 Å². The molecule has 112 valence electrons. The molecule has 0 aliphatic rings. The van der Waals surface area contributed by atoms with E-state index in [1.807, 2.05) is 13.8 Å². The van der Waals surface area contributed by atoms with Gasteiger partial charge in [-0.25, -0.2) is 4.79 Å². The lowest BCUT2D eigenvalue weighted by molar-refractivity contribution is 0.249. The van der Waals surface area contributed by atoms with Gasteiger partial charge in [-0.05, 0) is 6.92 Å². The van der Waals surface area contributed by atoms with Crippen molar-refractivity contribution in [1.82, 2.24) is 30.0 Å². The highest BCUT2D eigenvalue weighted by Crippen LogP contribution is 2.03. The van der Waals surface area contributed by atoms with E-state index in [-0.39, 0.29) is 12.1 Å². The molecule has 2 aromatic rings. The molecule has 0 bridgehead atoms. The predicted octanol–water partition coefficient (Wildman–Crippen LogP) is 0.920. The van der Waals surface area contributed by atoms with Gasteiger partial charge in [0.25, 0.3) is 0 Å². The Hall–Kier alpha value is -2.51. The molecule has 2 rings (SSSR count). The van der Waals surface area contributed by atoms with Gasteiger partial charge in [0.1, 0.15) is 5.82 Å². The van der Waals surface area contributed by atoms with Crippen LogP contribution in [0, 0.1) is 0 Å². The summed E-state index contributed by atoms with van der Waals surface area (Å²) in [5.41, 5.74) is 0.828. The van der Waals surface area contributed by atoms with Crippen LogP contribution in [0.3, 0.4) is 0 Å². The second kappa shape index (κ2) is 6.78. The molecule has 0 saturated carbocycles. The van der Waals surface area contributed by atoms with Gasteiger partial charge in [0, 0.05) is 44.5 Å². The number of amides is 2. The highest BCUT2D eigenvalue weighted by Gasteiger charge is 2.12. The highest BCUT2D eigenvalue weighted by molar-refractivity contribution is 5.87. The molecule has 0 unspecified atom stereocenters. The van der Waals surface area contributed by atoms with Crippen molar-refractivity contribution in [1.29, 1.82) is 0 Å². The summed E-state index contributed by atoms with van der Waals surface area (Å²) >= 11 is 0. The van der Waals surface area contributed by atoms with Crippen LogP contribution in [0.15, 0.2) is 18.6 Å². The molecule has 0 fully saturated rings. The summed E-state index contributed by atoms with van der Waals surface area (Å²) in [6, 6.07) is -0.407. The zero-order chi connectivity index (χ0) is 15.2. The fourth-order valence-corrected chi connectivity index (χ4v) is 1.94. The molecule has 21 heavy (non-hydrogen) atoms. The number of hydrogen-bond donors (Lipinski definition) is 2. The van der Waals surface area contributed by atoms with Crippen LogP contribution in [0.1, 0.15) is 25.4 Å². The Morgan fingerprint density at radius 1 is 1.43 bits per heavy atom. The number of nitrogens with zero attached hydrogens (tertiary/aromatic N) is 5. The van der Waals surface area contributed by atoms with Crippen molar-refractivity contribution in [3.63, 3.8) is 0 Å². The smallest absolute Gasteiger partial charge is 0.321 e. The zero-order valence-electron chi connectivity index (χ0n) is 12.4. The molecule has 0 saturated heterocycles. The van der Waals surface area contributed by atoms with E-state index in [1.54, 1.807) is 30.3 Å². The van der Waals surface area contributed by atoms with Gasteiger partial charge in [-0.3, -0.25) is 20.0 Å². The van der Waals surface area contributed by atoms with Crippen LogP contribution >= 0.6 is 0 Å². The SMILES string of the molecule is CCc1nc(NC(=O)N[C@@H](C)Cc2cnccn2)nn1C. The molecule has 8 heteroatoms. The fraction of sp³-hybridized carbons (Fsp3) is 0.462. The number of nitrogens with one attached hydrogen (secondary N) is 2. The minimum absolute atomic E-state index is 0.0731. The van der Waals surface area contributed by atoms with Gasteiger partial charge in [-0.2, -0.15) is 4.98 Å². The number of anilines is 1. The molecule has 0 aliphatic carbocycles. The summed E-state index contributed by atoms with van der Waals surface area (Å²) in [6.07, 6.45) is 6.30. The monoisotopic (exact) mass is 289 g/mol. The molecule has 2 amide bonds. The molecule has 0 radical (unpaired) electrons. The maximum atomic E-state index is 11.9. The number of carbonyl (C=O) groups excluding carboxylic acids is 1. The lowest BCUT2D eigenvalue weighted by Gasteiger charge is -2.12. The van der Waals surface area contributed by atoms with Gasteiger partial charge in [-0.1, -0.05) is 6.92 Å². The molecule has 0 aliphatic heterocycles. The van der Waals surface area contributed by atoms with E-state index in [9.17, 15) is 4.79 Å². The summed E-state index contributed by atoms with van der Waals surface area (Å²) in [5, 5.41) is 9.57. The average molecular weight is 289 g/mol. The van der Waals surface area contributed by atoms with Crippen molar-refractivity contribution in [2.45, 2.75) is 32.7 Å². The molecule has 2 aromatic heterocycles. The second-order valence-electron chi connectivity index (χ2n) is 4.73. The van der Waals surface area contributed by atoms with Crippen molar-refractivity contribution < 1.29 is 4.79 Å². The van der Waals surface area contributed by atoms with Crippen LogP contribution in [0.2, 0.25) is 0 Å². The first-order valence-electron chi connectivity index (χ1n) is 6.80. The van der Waals surface area contributed by atoms with Gasteiger partial charge in [0.2, 0.25) is 5.95 Å². The third-order valence-corrected chi connectivity index (χ3v) is 2.90. The number of aryl methyl sites for hydroxylation is 2. The molecule has 0 spiro atoms. The van der Waals surface area contributed by atoms with E-state index in [4.69, 9.17) is 0 Å². The van der Waals surface area contributed by atoms with E-state index < -0.39 is 0 Å². The lowest BCUT2D eigenvalue weighted by Crippen LogP contribution is -2.37. The molecule has 0 aromatic carbocycles. The number of carbonyl (C=O) groups is 1. The van der Waals surface area contributed by atoms with E-state index in [0.717, 1.165) is 17.9 Å². The van der Waals surface area contributed by atoms with E-state index >= 15 is 0 Å². The summed E-state index contributed by atoms with van der Waals surface area (Å²) in [7, 11) is 1.80. The van der Waals surface area contributed by atoms with Crippen LogP contribution in [0.4, 0.5) is 10.7 Å². The van der Waals surface area contributed by atoms with Crippen molar-refractivity contribution in [3.05, 3.63) is 30.1 Å². The van der Waals surface area contributed by atoms with Crippen LogP contribution in [-0.2, 0) is 19.9 Å². The first kappa shape index (κ1) is 14.9. The molecular formula is C13H19N7O. The van der Waals surface area contributed by atoms with E-state index in [0.29, 0.717) is 12.4 Å². The summed E-state index contributed by atoms with van der Waals surface area (Å²) in [6.45, 7) is 3.88. The maximum Gasteiger partial charge on any atom is 0.321 e. The average Bonchev–Trinajstić information content (AvgIpc) is 2.79. The Bertz CT molecular complexity index is 596. The molecule has 1 atom stereocenters. The topological polar surface area (TPSA) is 97.6 Å². The predicted molar refractivity (Wildman–Crippen MR) is 77.7 cm³/mol. The summed E-state index contributed by atoms with van der Waals surface area (Å²) in [4.78, 5) is 24.3. The number of aromatic nitrogens is 5. The van der Waals surface area contributed by atoms with Crippen LogP contribution < -0.4 is 10.6 Å². The third kappa shape index (κ3) is 4.23. The van der Waals surface area contributed by atoms with Crippen LogP contribution in [0.25, 0.3) is 0 Å². The largest absolute Gasteiger partial charge is 0.335 e. The van der Waals surface area contributed by atoms with Crippen molar-refractivity contribution in [2.75, 3.05) is 5.32 Å². The Labute approximate surface area is 123 Å². The van der Waals surface area contributed by atoms with Crippen LogP contribution in [-0.4, -0.2) is 36.8 Å². The minimum Gasteiger partial charge on any atom is -0.335 e. The van der Waals surface area contributed by atoms with Gasteiger partial charge in [0.15, 0.2) is 0 Å². The Balaban J connectivity index is 1.86. The maximum absolute atomic E-state index is 11.9. The standard InChI is InChI=1S/C13H19N7O/c1-4-11-17-12(19-20(11)3)18-13(21)16-9(2)7-10-8-14-5-6-15-10/h5-6,8-9H,4,7H2,1-3H3,(H2,16,18,19,21)/t9-/m0/s1. The Morgan fingerprint density at radius 3 is 2.86 bits per heavy atom. The number of rotatable bonds is 5. The highest BCUT2D eigenvalue weighted by atomic mass is 16.2. The molecule has 2 N–H and O–H groups in total. The Kier molecular flexibility index (Phi) is 4.81. The minimum atomic E-state index is -0.334. The molecule has 8 nitrogen and oxygen atoms in total. The first-order valence-corrected chi connectivity index (χ1v) is 6.80. The lowest BCUT2D eigenvalue weighted by atomic mass is 10.2. The van der Waals surface area contributed by atoms with E-state index in [1.165, 1.54) is 0 Å². The third-order valence-electron chi connectivity index (χ3n) is 2.90. The van der Waals surface area contributed by atoms with Crippen molar-refractivity contribution in [2.24, 2.45) is 7.05 Å². The normalized spacial score (nSPS) is 12.0. The first-order chi connectivity index (χ1) is 10.1. The van der Waals surface area contributed by atoms with Crippen molar-refractivity contribution >= 4 is 12.0 Å². The molecular weight excluding hydrogens is 270 g/mol. The number of hydrogen-bond acceptors (Lipinski definition) is 5. The number of urea groups is 1. The van der Waals surface area contributed by atoms with Gasteiger partial charge < -0.3 is 5.32 Å². The summed E-state index contributed by atoms with van der Waals surface area (Å²) < 4.78 is 1.65. The van der Waals surface area contributed by atoms with Gasteiger partial charge in [-0.15, -0.1) is 5.10 Å². The zero-order valence-corrected chi connectivity index (χ0v) is 12.4.